The monoisotopic (exact) mass is 1000 g/mol. The normalized spacial score (nSPS) is 15.4. The fourth-order valence-corrected chi connectivity index (χ4v) is 7.64. The Bertz CT molecular complexity index is 635. The molecule has 0 heterocycles. The van der Waals surface area contributed by atoms with Crippen LogP contribution in [0.4, 0.5) is 0 Å². The van der Waals surface area contributed by atoms with Crippen molar-refractivity contribution < 1.29 is 64.4 Å². The summed E-state index contributed by atoms with van der Waals surface area (Å²) in [4.78, 5) is 0. The maximum absolute atomic E-state index is 8.26. The van der Waals surface area contributed by atoms with Crippen molar-refractivity contribution in [1.29, 1.82) is 0 Å². The summed E-state index contributed by atoms with van der Waals surface area (Å²) in [5, 5.41) is 0. The molecular weight excluding hydrogens is 927 g/mol. The van der Waals surface area contributed by atoms with E-state index in [-0.39, 0.29) is 27.0 Å². The molecule has 48 heavy (non-hydrogen) atoms. The van der Waals surface area contributed by atoms with E-state index in [1.165, 1.54) is 77.0 Å². The first-order chi connectivity index (χ1) is 22.0. The van der Waals surface area contributed by atoms with E-state index in [0.717, 1.165) is 25.7 Å². The van der Waals surface area contributed by atoms with Crippen LogP contribution in [0.5, 0.6) is 0 Å². The molecule has 4 unspecified atom stereocenters. The quantitative estimate of drug-likeness (QED) is 0.0324. The fourth-order valence-electron chi connectivity index (χ4n) is 4.45. The number of hydrogen-bond acceptors (Lipinski definition) is 12. The van der Waals surface area contributed by atoms with Crippen molar-refractivity contribution in [3.63, 3.8) is 0 Å². The van der Waals surface area contributed by atoms with Crippen LogP contribution in [-0.4, -0.2) is 26.4 Å². The van der Waals surface area contributed by atoms with Gasteiger partial charge >= 0.3 is 46.3 Å². The van der Waals surface area contributed by atoms with Gasteiger partial charge < -0.3 is 69.6 Å². The van der Waals surface area contributed by atoms with Gasteiger partial charge in [-0.3, -0.25) is 0 Å². The average molecular weight is 997 g/mol. The molecule has 0 radical (unpaired) electrons. The molecule has 0 aromatic rings. The average Bonchev–Trinajstić information content (AvgIpc) is 3.07. The topological polar surface area (TPSA) is 71.1 Å². The Kier molecular flexibility index (Phi) is 61.7. The molecule has 0 saturated heterocycles. The van der Waals surface area contributed by atoms with Crippen LogP contribution >= 0.6 is 11.4 Å². The van der Waals surface area contributed by atoms with Gasteiger partial charge in [-0.25, -0.2) is 0 Å². The first-order valence-corrected chi connectivity index (χ1v) is 26.4. The van der Waals surface area contributed by atoms with Crippen LogP contribution in [0.1, 0.15) is 158 Å². The molecule has 0 aliphatic rings. The summed E-state index contributed by atoms with van der Waals surface area (Å²) in [6.45, 7) is 20.4. The van der Waals surface area contributed by atoms with Crippen LogP contribution in [0.15, 0.2) is 0 Å². The maximum Gasteiger partial charge on any atom is -0.813 e. The summed E-state index contributed by atoms with van der Waals surface area (Å²) in [5.41, 5.74) is -4.95. The zero-order chi connectivity index (χ0) is 36.3. The number of unbranched alkanes of at least 4 members (excludes halogenated alkanes) is 4. The van der Waals surface area contributed by atoms with Crippen LogP contribution < -0.4 is 0 Å². The molecule has 0 aromatic carbocycles. The molecule has 0 aliphatic heterocycles. The second-order valence-electron chi connectivity index (χ2n) is 11.7. The Hall–Kier alpha value is 3.52. The van der Waals surface area contributed by atoms with Gasteiger partial charge in [0.05, 0.1) is 37.8 Å². The van der Waals surface area contributed by atoms with Crippen LogP contribution in [-0.2, 0) is 140 Å². The Balaban J connectivity index is -0.000000160. The summed E-state index contributed by atoms with van der Waals surface area (Å²) < 4.78 is 39.7. The van der Waals surface area contributed by atoms with Crippen LogP contribution in [0.3, 0.4) is 0 Å². The summed E-state index contributed by atoms with van der Waals surface area (Å²) in [6, 6.07) is 0. The van der Waals surface area contributed by atoms with E-state index in [0.29, 0.717) is 89.7 Å². The van der Waals surface area contributed by atoms with Crippen molar-refractivity contribution in [2.45, 2.75) is 158 Å². The molecule has 6 nitrogen and oxygen atoms in total. The largest absolute Gasteiger partial charge is 0.813 e. The van der Waals surface area contributed by atoms with Gasteiger partial charge in [-0.05, 0) is 49.4 Å². The zero-order valence-electron chi connectivity index (χ0n) is 31.1. The molecule has 0 saturated carbocycles. The molecule has 0 fully saturated rings. The summed E-state index contributed by atoms with van der Waals surface area (Å²) in [7, 11) is 0. The van der Waals surface area contributed by atoms with Gasteiger partial charge in [-0.15, -0.1) is 0 Å². The molecule has 0 bridgehead atoms. The minimum absolute atomic E-state index is 0. The third kappa shape index (κ3) is 43.9. The molecule has 0 aromatic heterocycles. The van der Waals surface area contributed by atoms with Crippen molar-refractivity contribution in [2.75, 3.05) is 26.4 Å². The molecule has 4 atom stereocenters. The van der Waals surface area contributed by atoms with Crippen LogP contribution in [0, 0.1) is 23.7 Å². The van der Waals surface area contributed by atoms with Gasteiger partial charge in [0.1, 0.15) is 0 Å². The third-order valence-electron chi connectivity index (χ3n) is 8.05. The minimum Gasteiger partial charge on any atom is -0.813 e. The first-order valence-electron chi connectivity index (χ1n) is 17.5. The molecule has 0 spiro atoms. The Morgan fingerprint density at radius 1 is 0.458 bits per heavy atom. The third-order valence-corrected chi connectivity index (χ3v) is 12.4. The minimum atomic E-state index is -2.47. The Labute approximate surface area is 355 Å². The van der Waals surface area contributed by atoms with Gasteiger partial charge in [0.25, 0.3) is 0 Å². The van der Waals surface area contributed by atoms with Gasteiger partial charge in [0, 0.05) is 0 Å². The maximum atomic E-state index is 8.26. The molecule has 16 heteroatoms. The van der Waals surface area contributed by atoms with Crippen molar-refractivity contribution in [3.8, 4) is 0 Å². The SMILES string of the molecule is CCCCC(CC)COP(=S)([S-])OCC(CC)CCCC.CCCCC(CC)COP(=S)([S-])OCC(CC)CCCC.[O]=[Mo].[O]=[Mo].[SH-].[SH-]. The number of rotatable bonds is 28. The van der Waals surface area contributed by atoms with E-state index in [1.807, 2.05) is 0 Å². The van der Waals surface area contributed by atoms with Gasteiger partial charge in [0.15, 0.2) is 0 Å². The second kappa shape index (κ2) is 46.7. The van der Waals surface area contributed by atoms with E-state index in [4.69, 9.17) is 73.0 Å². The molecule has 0 N–H and O–H groups in total. The zero-order valence-corrected chi connectivity index (χ0v) is 42.0. The smallest absolute Gasteiger partial charge is 0.813 e. The van der Waals surface area contributed by atoms with E-state index < -0.39 is 11.4 Å². The van der Waals surface area contributed by atoms with E-state index >= 15 is 0 Å². The van der Waals surface area contributed by atoms with Gasteiger partial charge in [-0.1, -0.05) is 156 Å². The summed E-state index contributed by atoms with van der Waals surface area (Å²) >= 11 is 22.9. The standard InChI is InChI=1S/2C16H35O2PS2.2Mo.2O.2H2S/c2*1-5-9-11-15(7-3)13-17-19(20,21)18-14-16(8-4)12-10-6-2;;;;;;/h2*15-16H,5-14H2,1-4H3,(H,20,21);;;;;2*1H2/p-4. The number of hydrogen-bond donors (Lipinski definition) is 0. The predicted octanol–water partition coefficient (Wildman–Crippen LogP) is 11.7. The molecule has 0 amide bonds. The molecule has 296 valence electrons. The van der Waals surface area contributed by atoms with Crippen LogP contribution in [0.25, 0.3) is 0 Å². The number of thiol groups is 2. The van der Waals surface area contributed by atoms with Gasteiger partial charge in [-0.2, -0.15) is 0 Å². The first kappa shape index (κ1) is 63.5. The molecule has 0 aliphatic carbocycles. The van der Waals surface area contributed by atoms with Crippen molar-refractivity contribution in [1.82, 2.24) is 0 Å². The summed E-state index contributed by atoms with van der Waals surface area (Å²) in [5.74, 6) is 2.28. The summed E-state index contributed by atoms with van der Waals surface area (Å²) in [6.07, 6.45) is 19.2. The van der Waals surface area contributed by atoms with E-state index in [2.05, 4.69) is 55.4 Å². The fraction of sp³-hybridized carbons (Fsp3) is 1.00. The van der Waals surface area contributed by atoms with Crippen molar-refractivity contribution >= 4 is 86.5 Å². The van der Waals surface area contributed by atoms with Crippen LogP contribution in [0.2, 0.25) is 0 Å². The van der Waals surface area contributed by atoms with Crippen molar-refractivity contribution in [2.24, 2.45) is 23.7 Å². The molecule has 0 rings (SSSR count). The second-order valence-corrected chi connectivity index (χ2v) is 21.7. The Morgan fingerprint density at radius 2 is 0.625 bits per heavy atom. The van der Waals surface area contributed by atoms with Crippen molar-refractivity contribution in [3.05, 3.63) is 0 Å². The Morgan fingerprint density at radius 3 is 0.750 bits per heavy atom. The van der Waals surface area contributed by atoms with Gasteiger partial charge in [0.2, 0.25) is 0 Å². The van der Waals surface area contributed by atoms with E-state index in [9.17, 15) is 0 Å². The molecular formula is C32H70Mo2O6P2S6-4. The predicted molar refractivity (Wildman–Crippen MR) is 219 cm³/mol. The van der Waals surface area contributed by atoms with E-state index in [1.54, 1.807) is 0 Å².